The normalized spacial score (nSPS) is 12.4. The molecule has 0 bridgehead atoms. The molecule has 3 aromatic rings. The Morgan fingerprint density at radius 3 is 2.65 bits per heavy atom. The molecule has 0 saturated heterocycles. The summed E-state index contributed by atoms with van der Waals surface area (Å²) >= 11 is 0. The lowest BCUT2D eigenvalue weighted by Crippen LogP contribution is -2.18. The van der Waals surface area contributed by atoms with Crippen LogP contribution in [0.25, 0.3) is 10.8 Å². The molecule has 0 radical (unpaired) electrons. The molecule has 100 valence electrons. The highest BCUT2D eigenvalue weighted by Gasteiger charge is 2.06. The van der Waals surface area contributed by atoms with Crippen molar-refractivity contribution in [3.8, 4) is 0 Å². The van der Waals surface area contributed by atoms with Crippen molar-refractivity contribution in [3.05, 3.63) is 72.3 Å². The van der Waals surface area contributed by atoms with Crippen molar-refractivity contribution in [1.82, 2.24) is 15.3 Å². The van der Waals surface area contributed by atoms with E-state index in [4.69, 9.17) is 0 Å². The molecule has 1 N–H and O–H groups in total. The summed E-state index contributed by atoms with van der Waals surface area (Å²) in [5, 5.41) is 5.98. The van der Waals surface area contributed by atoms with Gasteiger partial charge in [0.15, 0.2) is 0 Å². The molecule has 2 aromatic heterocycles. The molecule has 0 amide bonds. The molecule has 2 heterocycles. The van der Waals surface area contributed by atoms with Crippen LogP contribution in [-0.2, 0) is 6.54 Å². The first-order chi connectivity index (χ1) is 9.84. The molecular weight excluding hydrogens is 246 g/mol. The van der Waals surface area contributed by atoms with Crippen molar-refractivity contribution in [1.29, 1.82) is 0 Å². The minimum Gasteiger partial charge on any atom is -0.306 e. The number of nitrogens with zero attached hydrogens (tertiary/aromatic N) is 2. The summed E-state index contributed by atoms with van der Waals surface area (Å²) in [7, 11) is 0. The molecule has 1 aromatic carbocycles. The van der Waals surface area contributed by atoms with Gasteiger partial charge >= 0.3 is 0 Å². The van der Waals surface area contributed by atoms with Gasteiger partial charge in [-0.1, -0.05) is 24.3 Å². The Kier molecular flexibility index (Phi) is 3.70. The maximum atomic E-state index is 4.31. The maximum absolute atomic E-state index is 4.31. The molecule has 20 heavy (non-hydrogen) atoms. The number of nitrogens with one attached hydrogen (secondary N) is 1. The molecule has 0 fully saturated rings. The quantitative estimate of drug-likeness (QED) is 0.783. The van der Waals surface area contributed by atoms with Crippen LogP contribution in [-0.4, -0.2) is 9.97 Å². The monoisotopic (exact) mass is 263 g/mol. The first-order valence-corrected chi connectivity index (χ1v) is 6.79. The number of aromatic nitrogens is 2. The highest BCUT2D eigenvalue weighted by molar-refractivity contribution is 5.84. The summed E-state index contributed by atoms with van der Waals surface area (Å²) < 4.78 is 0. The van der Waals surface area contributed by atoms with Crippen LogP contribution in [0, 0.1) is 0 Å². The average Bonchev–Trinajstić information content (AvgIpc) is 2.53. The van der Waals surface area contributed by atoms with E-state index < -0.39 is 0 Å². The van der Waals surface area contributed by atoms with Crippen molar-refractivity contribution in [2.24, 2.45) is 0 Å². The van der Waals surface area contributed by atoms with Crippen LogP contribution in [0.1, 0.15) is 24.1 Å². The zero-order valence-corrected chi connectivity index (χ0v) is 11.5. The van der Waals surface area contributed by atoms with E-state index in [0.29, 0.717) is 0 Å². The lowest BCUT2D eigenvalue weighted by atomic mass is 10.1. The summed E-state index contributed by atoms with van der Waals surface area (Å²) in [5.41, 5.74) is 2.47. The Labute approximate surface area is 118 Å². The molecule has 0 spiro atoms. The first-order valence-electron chi connectivity index (χ1n) is 6.79. The van der Waals surface area contributed by atoms with Crippen molar-refractivity contribution in [2.45, 2.75) is 19.5 Å². The molecule has 1 atom stereocenters. The SMILES string of the molecule is C[C@H](NCc1cncc2ccccc12)c1ccncc1. The number of hydrogen-bond donors (Lipinski definition) is 1. The van der Waals surface area contributed by atoms with Crippen molar-refractivity contribution >= 4 is 10.8 Å². The van der Waals surface area contributed by atoms with Gasteiger partial charge in [-0.25, -0.2) is 0 Å². The molecular formula is C17H17N3. The second-order valence-corrected chi connectivity index (χ2v) is 4.90. The van der Waals surface area contributed by atoms with Gasteiger partial charge < -0.3 is 5.32 Å². The Bertz CT molecular complexity index is 689. The summed E-state index contributed by atoms with van der Waals surface area (Å²) in [4.78, 5) is 8.36. The van der Waals surface area contributed by atoms with E-state index in [-0.39, 0.29) is 6.04 Å². The van der Waals surface area contributed by atoms with Crippen molar-refractivity contribution < 1.29 is 0 Å². The molecule has 0 unspecified atom stereocenters. The highest BCUT2D eigenvalue weighted by Crippen LogP contribution is 2.18. The molecule has 3 heteroatoms. The van der Waals surface area contributed by atoms with Gasteiger partial charge in [-0.3, -0.25) is 9.97 Å². The molecule has 0 saturated carbocycles. The van der Waals surface area contributed by atoms with E-state index in [1.54, 1.807) is 0 Å². The Balaban J connectivity index is 1.77. The number of benzene rings is 1. The van der Waals surface area contributed by atoms with Crippen LogP contribution < -0.4 is 5.32 Å². The van der Waals surface area contributed by atoms with Gasteiger partial charge in [0.1, 0.15) is 0 Å². The predicted molar refractivity (Wildman–Crippen MR) is 81.2 cm³/mol. The van der Waals surface area contributed by atoms with Crippen LogP contribution in [0.5, 0.6) is 0 Å². The smallest absolute Gasteiger partial charge is 0.0346 e. The summed E-state index contributed by atoms with van der Waals surface area (Å²) in [6.07, 6.45) is 7.50. The minimum absolute atomic E-state index is 0.289. The fourth-order valence-electron chi connectivity index (χ4n) is 2.35. The molecule has 3 nitrogen and oxygen atoms in total. The summed E-state index contributed by atoms with van der Waals surface area (Å²) in [5.74, 6) is 0. The van der Waals surface area contributed by atoms with E-state index in [1.165, 1.54) is 21.9 Å². The van der Waals surface area contributed by atoms with Crippen molar-refractivity contribution in [3.63, 3.8) is 0 Å². The Morgan fingerprint density at radius 2 is 1.80 bits per heavy atom. The summed E-state index contributed by atoms with van der Waals surface area (Å²) in [6.45, 7) is 2.96. The Morgan fingerprint density at radius 1 is 1.00 bits per heavy atom. The number of hydrogen-bond acceptors (Lipinski definition) is 3. The van der Waals surface area contributed by atoms with Crippen LogP contribution in [0.3, 0.4) is 0 Å². The van der Waals surface area contributed by atoms with E-state index in [1.807, 2.05) is 43.0 Å². The topological polar surface area (TPSA) is 37.8 Å². The third-order valence-corrected chi connectivity index (χ3v) is 3.56. The van der Waals surface area contributed by atoms with E-state index in [2.05, 4.69) is 40.4 Å². The van der Waals surface area contributed by atoms with Crippen LogP contribution in [0.15, 0.2) is 61.2 Å². The number of rotatable bonds is 4. The minimum atomic E-state index is 0.289. The third kappa shape index (κ3) is 2.68. The predicted octanol–water partition coefficient (Wildman–Crippen LogP) is 3.48. The van der Waals surface area contributed by atoms with E-state index in [0.717, 1.165) is 6.54 Å². The molecule has 0 aliphatic heterocycles. The lowest BCUT2D eigenvalue weighted by Gasteiger charge is -2.14. The highest BCUT2D eigenvalue weighted by atomic mass is 14.9. The standard InChI is InChI=1S/C17H17N3/c1-13(14-6-8-18-9-7-14)20-12-16-11-19-10-15-4-2-3-5-17(15)16/h2-11,13,20H,12H2,1H3/t13-/m0/s1. The van der Waals surface area contributed by atoms with Crippen LogP contribution >= 0.6 is 0 Å². The van der Waals surface area contributed by atoms with Gasteiger partial charge in [0, 0.05) is 42.8 Å². The average molecular weight is 263 g/mol. The van der Waals surface area contributed by atoms with Gasteiger partial charge in [-0.2, -0.15) is 0 Å². The van der Waals surface area contributed by atoms with Crippen molar-refractivity contribution in [2.75, 3.05) is 0 Å². The lowest BCUT2D eigenvalue weighted by molar-refractivity contribution is 0.575. The fourth-order valence-corrected chi connectivity index (χ4v) is 2.35. The van der Waals surface area contributed by atoms with Gasteiger partial charge in [-0.15, -0.1) is 0 Å². The molecule has 3 rings (SSSR count). The zero-order chi connectivity index (χ0) is 13.8. The van der Waals surface area contributed by atoms with E-state index in [9.17, 15) is 0 Å². The molecule has 0 aliphatic carbocycles. The summed E-state index contributed by atoms with van der Waals surface area (Å²) in [6, 6.07) is 12.7. The van der Waals surface area contributed by atoms with Gasteiger partial charge in [-0.05, 0) is 35.6 Å². The second kappa shape index (κ2) is 5.80. The maximum Gasteiger partial charge on any atom is 0.0346 e. The Hall–Kier alpha value is -2.26. The largest absolute Gasteiger partial charge is 0.306 e. The van der Waals surface area contributed by atoms with Crippen LogP contribution in [0.2, 0.25) is 0 Å². The van der Waals surface area contributed by atoms with Crippen LogP contribution in [0.4, 0.5) is 0 Å². The first kappa shape index (κ1) is 12.8. The number of fused-ring (bicyclic) bond motifs is 1. The van der Waals surface area contributed by atoms with E-state index >= 15 is 0 Å². The van der Waals surface area contributed by atoms with Gasteiger partial charge in [0.2, 0.25) is 0 Å². The third-order valence-electron chi connectivity index (χ3n) is 3.56. The number of pyridine rings is 2. The zero-order valence-electron chi connectivity index (χ0n) is 11.5. The second-order valence-electron chi connectivity index (χ2n) is 4.90. The molecule has 0 aliphatic rings. The fraction of sp³-hybridized carbons (Fsp3) is 0.176. The van der Waals surface area contributed by atoms with Gasteiger partial charge in [0.25, 0.3) is 0 Å². The van der Waals surface area contributed by atoms with Gasteiger partial charge in [0.05, 0.1) is 0 Å².